The minimum atomic E-state index is -0.343. The molecule has 0 atom stereocenters. The van der Waals surface area contributed by atoms with E-state index in [4.69, 9.17) is 21.7 Å². The maximum atomic E-state index is 13.7. The van der Waals surface area contributed by atoms with Gasteiger partial charge in [0.25, 0.3) is 0 Å². The third kappa shape index (κ3) is 3.05. The van der Waals surface area contributed by atoms with Crippen LogP contribution in [-0.2, 0) is 0 Å². The van der Waals surface area contributed by atoms with Crippen LogP contribution in [0.15, 0.2) is 36.4 Å². The van der Waals surface area contributed by atoms with Crippen molar-refractivity contribution in [3.8, 4) is 11.5 Å². The number of aryl methyl sites for hydroxylation is 1. The molecule has 0 fully saturated rings. The lowest BCUT2D eigenvalue weighted by Crippen LogP contribution is -2.19. The summed E-state index contributed by atoms with van der Waals surface area (Å²) in [6, 6.07) is 10.3. The van der Waals surface area contributed by atoms with Crippen molar-refractivity contribution in [2.75, 3.05) is 17.4 Å². The van der Waals surface area contributed by atoms with Crippen LogP contribution in [0.5, 0.6) is 11.5 Å². The minimum Gasteiger partial charge on any atom is -0.454 e. The summed E-state index contributed by atoms with van der Waals surface area (Å²) >= 11 is 5.18. The zero-order valence-electron chi connectivity index (χ0n) is 11.3. The van der Waals surface area contributed by atoms with Crippen LogP contribution in [0.4, 0.5) is 15.8 Å². The van der Waals surface area contributed by atoms with Crippen LogP contribution < -0.4 is 20.1 Å². The van der Waals surface area contributed by atoms with Crippen LogP contribution in [0.25, 0.3) is 0 Å². The van der Waals surface area contributed by atoms with Crippen molar-refractivity contribution >= 4 is 28.7 Å². The lowest BCUT2D eigenvalue weighted by atomic mass is 10.2. The lowest BCUT2D eigenvalue weighted by molar-refractivity contribution is 0.174. The summed E-state index contributed by atoms with van der Waals surface area (Å²) in [4.78, 5) is 0. The highest BCUT2D eigenvalue weighted by Crippen LogP contribution is 2.34. The highest BCUT2D eigenvalue weighted by Gasteiger charge is 2.13. The van der Waals surface area contributed by atoms with Crippen molar-refractivity contribution in [2.45, 2.75) is 6.92 Å². The average molecular weight is 304 g/mol. The van der Waals surface area contributed by atoms with Gasteiger partial charge in [0.15, 0.2) is 16.6 Å². The van der Waals surface area contributed by atoms with E-state index in [0.717, 1.165) is 11.3 Å². The summed E-state index contributed by atoms with van der Waals surface area (Å²) in [5.74, 6) is 1.01. The van der Waals surface area contributed by atoms with E-state index in [1.54, 1.807) is 18.2 Å². The molecular weight excluding hydrogens is 291 g/mol. The molecule has 0 bridgehead atoms. The summed E-state index contributed by atoms with van der Waals surface area (Å²) in [5, 5.41) is 6.11. The molecule has 2 aromatic carbocycles. The van der Waals surface area contributed by atoms with Gasteiger partial charge >= 0.3 is 0 Å². The number of anilines is 2. The van der Waals surface area contributed by atoms with Crippen LogP contribution in [0.2, 0.25) is 0 Å². The molecule has 0 saturated carbocycles. The van der Waals surface area contributed by atoms with E-state index in [2.05, 4.69) is 10.6 Å². The van der Waals surface area contributed by atoms with Crippen molar-refractivity contribution in [1.29, 1.82) is 0 Å². The second-order valence-corrected chi connectivity index (χ2v) is 5.04. The van der Waals surface area contributed by atoms with E-state index in [1.165, 1.54) is 6.07 Å². The van der Waals surface area contributed by atoms with Crippen LogP contribution in [0, 0.1) is 12.7 Å². The van der Waals surface area contributed by atoms with Gasteiger partial charge in [0.05, 0.1) is 5.69 Å². The van der Waals surface area contributed by atoms with Gasteiger partial charge in [-0.25, -0.2) is 4.39 Å². The number of nitrogens with one attached hydrogen (secondary N) is 2. The molecule has 0 spiro atoms. The van der Waals surface area contributed by atoms with Crippen LogP contribution in [0.3, 0.4) is 0 Å². The van der Waals surface area contributed by atoms with Crippen molar-refractivity contribution in [3.05, 3.63) is 47.8 Å². The van der Waals surface area contributed by atoms with Crippen LogP contribution in [-0.4, -0.2) is 11.9 Å². The van der Waals surface area contributed by atoms with Crippen molar-refractivity contribution in [2.24, 2.45) is 0 Å². The molecule has 2 aromatic rings. The molecule has 21 heavy (non-hydrogen) atoms. The van der Waals surface area contributed by atoms with Crippen molar-refractivity contribution < 1.29 is 13.9 Å². The number of halogens is 1. The summed E-state index contributed by atoms with van der Waals surface area (Å²) in [7, 11) is 0. The Morgan fingerprint density at radius 1 is 1.10 bits per heavy atom. The van der Waals surface area contributed by atoms with Gasteiger partial charge in [0.1, 0.15) is 5.82 Å². The fourth-order valence-electron chi connectivity index (χ4n) is 1.98. The van der Waals surface area contributed by atoms with Gasteiger partial charge < -0.3 is 20.1 Å². The predicted molar refractivity (Wildman–Crippen MR) is 83.5 cm³/mol. The molecule has 0 radical (unpaired) electrons. The Hall–Kier alpha value is -2.34. The normalized spacial score (nSPS) is 12.1. The molecule has 0 amide bonds. The van der Waals surface area contributed by atoms with Gasteiger partial charge in [-0.3, -0.25) is 0 Å². The number of rotatable bonds is 2. The third-order valence-electron chi connectivity index (χ3n) is 3.00. The van der Waals surface area contributed by atoms with E-state index in [9.17, 15) is 4.39 Å². The van der Waals surface area contributed by atoms with Gasteiger partial charge in [-0.1, -0.05) is 6.07 Å². The van der Waals surface area contributed by atoms with Crippen LogP contribution >= 0.6 is 12.2 Å². The quantitative estimate of drug-likeness (QED) is 0.829. The molecule has 1 aliphatic heterocycles. The second-order valence-electron chi connectivity index (χ2n) is 4.63. The molecule has 1 aliphatic rings. The zero-order chi connectivity index (χ0) is 14.8. The maximum Gasteiger partial charge on any atom is 0.231 e. The summed E-state index contributed by atoms with van der Waals surface area (Å²) in [6.45, 7) is 2.05. The van der Waals surface area contributed by atoms with Gasteiger partial charge in [-0.05, 0) is 49.0 Å². The Morgan fingerprint density at radius 2 is 1.90 bits per heavy atom. The number of thiocarbonyl (C=S) groups is 1. The first-order valence-electron chi connectivity index (χ1n) is 6.35. The second kappa shape index (κ2) is 5.57. The Bertz CT molecular complexity index is 706. The minimum absolute atomic E-state index is 0.218. The molecule has 0 aromatic heterocycles. The predicted octanol–water partition coefficient (Wildman–Crippen LogP) is 3.67. The van der Waals surface area contributed by atoms with Gasteiger partial charge in [-0.2, -0.15) is 0 Å². The van der Waals surface area contributed by atoms with Crippen molar-refractivity contribution in [1.82, 2.24) is 0 Å². The molecule has 108 valence electrons. The van der Waals surface area contributed by atoms with Gasteiger partial charge in [0, 0.05) is 11.8 Å². The molecule has 1 heterocycles. The molecule has 3 rings (SSSR count). The van der Waals surface area contributed by atoms with E-state index in [0.29, 0.717) is 22.3 Å². The van der Waals surface area contributed by atoms with Gasteiger partial charge in [0.2, 0.25) is 6.79 Å². The zero-order valence-corrected chi connectivity index (χ0v) is 12.1. The Morgan fingerprint density at radius 3 is 2.71 bits per heavy atom. The molecule has 0 aliphatic carbocycles. The number of hydrogen-bond acceptors (Lipinski definition) is 3. The topological polar surface area (TPSA) is 42.5 Å². The lowest BCUT2D eigenvalue weighted by Gasteiger charge is -2.12. The molecule has 6 heteroatoms. The van der Waals surface area contributed by atoms with E-state index in [1.807, 2.05) is 19.1 Å². The Labute approximate surface area is 126 Å². The highest BCUT2D eigenvalue weighted by molar-refractivity contribution is 7.80. The summed E-state index contributed by atoms with van der Waals surface area (Å²) < 4.78 is 24.3. The standard InChI is InChI=1S/C15H13FN2O2S/c1-9-2-4-12(11(16)6-9)18-15(21)17-10-3-5-13-14(7-10)20-8-19-13/h2-7H,8H2,1H3,(H2,17,18,21). The van der Waals surface area contributed by atoms with E-state index >= 15 is 0 Å². The Kier molecular flexibility index (Phi) is 3.62. The first-order valence-corrected chi connectivity index (χ1v) is 6.76. The monoisotopic (exact) mass is 304 g/mol. The molecule has 4 nitrogen and oxygen atoms in total. The molecular formula is C15H13FN2O2S. The van der Waals surface area contributed by atoms with Gasteiger partial charge in [-0.15, -0.1) is 0 Å². The molecule has 2 N–H and O–H groups in total. The highest BCUT2D eigenvalue weighted by atomic mass is 32.1. The fourth-order valence-corrected chi connectivity index (χ4v) is 2.21. The molecule has 0 unspecified atom stereocenters. The smallest absolute Gasteiger partial charge is 0.231 e. The number of ether oxygens (including phenoxy) is 2. The fraction of sp³-hybridized carbons (Fsp3) is 0.133. The first kappa shape index (κ1) is 13.6. The van der Waals surface area contributed by atoms with Crippen LogP contribution in [0.1, 0.15) is 5.56 Å². The summed E-state index contributed by atoms with van der Waals surface area (Å²) in [6.07, 6.45) is 0. The number of hydrogen-bond donors (Lipinski definition) is 2. The Balaban J connectivity index is 1.69. The van der Waals surface area contributed by atoms with E-state index in [-0.39, 0.29) is 12.6 Å². The average Bonchev–Trinajstić information content (AvgIpc) is 2.89. The van der Waals surface area contributed by atoms with Crippen molar-refractivity contribution in [3.63, 3.8) is 0 Å². The third-order valence-corrected chi connectivity index (χ3v) is 3.21. The number of fused-ring (bicyclic) bond motifs is 1. The first-order chi connectivity index (χ1) is 10.1. The molecule has 0 saturated heterocycles. The van der Waals surface area contributed by atoms with E-state index < -0.39 is 0 Å². The SMILES string of the molecule is Cc1ccc(NC(=S)Nc2ccc3c(c2)OCO3)c(F)c1. The summed E-state index contributed by atoms with van der Waals surface area (Å²) in [5.41, 5.74) is 1.93. The number of benzene rings is 2. The largest absolute Gasteiger partial charge is 0.454 e. The maximum absolute atomic E-state index is 13.7.